The molecule has 1 N–H and O–H groups in total. The van der Waals surface area contributed by atoms with Gasteiger partial charge in [0.2, 0.25) is 0 Å². The van der Waals surface area contributed by atoms with Crippen molar-refractivity contribution in [2.75, 3.05) is 0 Å². The first-order valence-electron chi connectivity index (χ1n) is 6.81. The standard InChI is InChI=1S/C15H21FN4/c1-9(2)17-7-13-6-14(16)8-18-15(13)20-12(5)10(3)11(4)19-20/h6,8-9,17H,7H2,1-5H3. The van der Waals surface area contributed by atoms with Gasteiger partial charge in [0.25, 0.3) is 0 Å². The average molecular weight is 276 g/mol. The molecule has 0 saturated carbocycles. The number of aromatic nitrogens is 3. The van der Waals surface area contributed by atoms with Crippen LogP contribution in [0, 0.1) is 26.6 Å². The number of nitrogens with one attached hydrogen (secondary N) is 1. The highest BCUT2D eigenvalue weighted by Gasteiger charge is 2.14. The summed E-state index contributed by atoms with van der Waals surface area (Å²) in [4.78, 5) is 4.23. The van der Waals surface area contributed by atoms with E-state index < -0.39 is 0 Å². The van der Waals surface area contributed by atoms with Crippen LogP contribution in [0.1, 0.15) is 36.4 Å². The number of rotatable bonds is 4. The molecule has 2 rings (SSSR count). The van der Waals surface area contributed by atoms with Crippen LogP contribution in [0.5, 0.6) is 0 Å². The first kappa shape index (κ1) is 14.7. The lowest BCUT2D eigenvalue weighted by Gasteiger charge is -2.13. The van der Waals surface area contributed by atoms with Crippen molar-refractivity contribution in [1.29, 1.82) is 0 Å². The molecular weight excluding hydrogens is 255 g/mol. The Morgan fingerprint density at radius 2 is 2.00 bits per heavy atom. The first-order valence-corrected chi connectivity index (χ1v) is 6.81. The molecule has 2 heterocycles. The third kappa shape index (κ3) is 2.88. The summed E-state index contributed by atoms with van der Waals surface area (Å²) in [7, 11) is 0. The SMILES string of the molecule is Cc1nn(-c2ncc(F)cc2CNC(C)C)c(C)c1C. The van der Waals surface area contributed by atoms with Gasteiger partial charge < -0.3 is 5.32 Å². The quantitative estimate of drug-likeness (QED) is 0.933. The van der Waals surface area contributed by atoms with Crippen molar-refractivity contribution in [1.82, 2.24) is 20.1 Å². The van der Waals surface area contributed by atoms with Crippen LogP contribution in [-0.4, -0.2) is 20.8 Å². The highest BCUT2D eigenvalue weighted by atomic mass is 19.1. The van der Waals surface area contributed by atoms with Crippen molar-refractivity contribution in [3.05, 3.63) is 40.6 Å². The van der Waals surface area contributed by atoms with E-state index in [4.69, 9.17) is 0 Å². The molecule has 0 amide bonds. The molecule has 5 heteroatoms. The summed E-state index contributed by atoms with van der Waals surface area (Å²) in [6, 6.07) is 1.84. The summed E-state index contributed by atoms with van der Waals surface area (Å²) in [6.07, 6.45) is 1.24. The van der Waals surface area contributed by atoms with E-state index in [9.17, 15) is 4.39 Å². The van der Waals surface area contributed by atoms with Crippen molar-refractivity contribution >= 4 is 0 Å². The maximum atomic E-state index is 13.5. The molecule has 0 aromatic carbocycles. The predicted molar refractivity (Wildman–Crippen MR) is 77.5 cm³/mol. The van der Waals surface area contributed by atoms with E-state index in [1.54, 1.807) is 4.68 Å². The van der Waals surface area contributed by atoms with Gasteiger partial charge in [-0.1, -0.05) is 13.8 Å². The Morgan fingerprint density at radius 1 is 1.30 bits per heavy atom. The molecule has 108 valence electrons. The molecule has 20 heavy (non-hydrogen) atoms. The minimum atomic E-state index is -0.326. The van der Waals surface area contributed by atoms with Gasteiger partial charge in [0.1, 0.15) is 5.82 Å². The van der Waals surface area contributed by atoms with E-state index in [1.165, 1.54) is 12.3 Å². The minimum Gasteiger partial charge on any atom is -0.310 e. The van der Waals surface area contributed by atoms with Gasteiger partial charge in [0.05, 0.1) is 11.9 Å². The van der Waals surface area contributed by atoms with Gasteiger partial charge in [0.15, 0.2) is 5.82 Å². The zero-order valence-corrected chi connectivity index (χ0v) is 12.7. The van der Waals surface area contributed by atoms with Gasteiger partial charge in [-0.25, -0.2) is 14.1 Å². The number of aryl methyl sites for hydroxylation is 1. The van der Waals surface area contributed by atoms with E-state index in [0.29, 0.717) is 18.4 Å². The van der Waals surface area contributed by atoms with Gasteiger partial charge in [-0.2, -0.15) is 5.10 Å². The number of nitrogens with zero attached hydrogens (tertiary/aromatic N) is 3. The number of hydrogen-bond donors (Lipinski definition) is 1. The van der Waals surface area contributed by atoms with E-state index >= 15 is 0 Å². The lowest BCUT2D eigenvalue weighted by Crippen LogP contribution is -2.23. The van der Waals surface area contributed by atoms with Crippen LogP contribution in [0.3, 0.4) is 0 Å². The Morgan fingerprint density at radius 3 is 2.55 bits per heavy atom. The first-order chi connectivity index (χ1) is 9.40. The summed E-state index contributed by atoms with van der Waals surface area (Å²) in [5.74, 6) is 0.362. The van der Waals surface area contributed by atoms with Crippen LogP contribution in [0.15, 0.2) is 12.3 Å². The van der Waals surface area contributed by atoms with Crippen molar-refractivity contribution in [3.63, 3.8) is 0 Å². The van der Waals surface area contributed by atoms with E-state index in [-0.39, 0.29) is 5.82 Å². The largest absolute Gasteiger partial charge is 0.310 e. The van der Waals surface area contributed by atoms with Crippen LogP contribution in [0.4, 0.5) is 4.39 Å². The Labute approximate surface area is 119 Å². The molecule has 0 aliphatic carbocycles. The molecule has 4 nitrogen and oxygen atoms in total. The summed E-state index contributed by atoms with van der Waals surface area (Å²) < 4.78 is 15.2. The summed E-state index contributed by atoms with van der Waals surface area (Å²) in [6.45, 7) is 10.7. The summed E-state index contributed by atoms with van der Waals surface area (Å²) in [5, 5.41) is 7.79. The zero-order chi connectivity index (χ0) is 14.9. The molecule has 0 unspecified atom stereocenters. The summed E-state index contributed by atoms with van der Waals surface area (Å²) in [5.41, 5.74) is 3.95. The number of hydrogen-bond acceptors (Lipinski definition) is 3. The predicted octanol–water partition coefficient (Wildman–Crippen LogP) is 2.83. The number of pyridine rings is 1. The molecular formula is C15H21FN4. The van der Waals surface area contributed by atoms with Crippen molar-refractivity contribution in [2.24, 2.45) is 0 Å². The topological polar surface area (TPSA) is 42.7 Å². The van der Waals surface area contributed by atoms with Crippen molar-refractivity contribution in [2.45, 2.75) is 47.2 Å². The van der Waals surface area contributed by atoms with E-state index in [0.717, 1.165) is 22.5 Å². The Hall–Kier alpha value is -1.75. The summed E-state index contributed by atoms with van der Waals surface area (Å²) >= 11 is 0. The highest BCUT2D eigenvalue weighted by molar-refractivity contribution is 5.37. The van der Waals surface area contributed by atoms with Crippen molar-refractivity contribution < 1.29 is 4.39 Å². The molecule has 2 aromatic heterocycles. The van der Waals surface area contributed by atoms with Crippen LogP contribution in [0.2, 0.25) is 0 Å². The third-order valence-corrected chi connectivity index (χ3v) is 3.46. The molecule has 0 bridgehead atoms. The molecule has 0 saturated heterocycles. The van der Waals surface area contributed by atoms with Gasteiger partial charge >= 0.3 is 0 Å². The van der Waals surface area contributed by atoms with E-state index in [2.05, 4.69) is 29.2 Å². The van der Waals surface area contributed by atoms with Gasteiger partial charge in [-0.05, 0) is 32.4 Å². The van der Waals surface area contributed by atoms with Gasteiger partial charge in [-0.3, -0.25) is 0 Å². The van der Waals surface area contributed by atoms with Crippen LogP contribution >= 0.6 is 0 Å². The second-order valence-corrected chi connectivity index (χ2v) is 5.38. The fraction of sp³-hybridized carbons (Fsp3) is 0.467. The van der Waals surface area contributed by atoms with Crippen molar-refractivity contribution in [3.8, 4) is 5.82 Å². The fourth-order valence-corrected chi connectivity index (χ4v) is 2.04. The monoisotopic (exact) mass is 276 g/mol. The minimum absolute atomic E-state index is 0.326. The zero-order valence-electron chi connectivity index (χ0n) is 12.7. The average Bonchev–Trinajstić information content (AvgIpc) is 2.64. The highest BCUT2D eigenvalue weighted by Crippen LogP contribution is 2.19. The van der Waals surface area contributed by atoms with Gasteiger partial charge in [-0.15, -0.1) is 0 Å². The molecule has 0 atom stereocenters. The molecule has 0 radical (unpaired) electrons. The normalized spacial score (nSPS) is 11.3. The second-order valence-electron chi connectivity index (χ2n) is 5.38. The lowest BCUT2D eigenvalue weighted by atomic mass is 10.2. The smallest absolute Gasteiger partial charge is 0.158 e. The third-order valence-electron chi connectivity index (χ3n) is 3.46. The van der Waals surface area contributed by atoms with E-state index in [1.807, 2.05) is 20.8 Å². The Kier molecular flexibility index (Phi) is 4.18. The van der Waals surface area contributed by atoms with Crippen LogP contribution in [0.25, 0.3) is 5.82 Å². The fourth-order valence-electron chi connectivity index (χ4n) is 2.04. The van der Waals surface area contributed by atoms with Gasteiger partial charge in [0, 0.05) is 23.8 Å². The lowest BCUT2D eigenvalue weighted by molar-refractivity contribution is 0.573. The van der Waals surface area contributed by atoms with Crippen LogP contribution in [-0.2, 0) is 6.54 Å². The molecule has 0 aliphatic rings. The Bertz CT molecular complexity index is 617. The maximum Gasteiger partial charge on any atom is 0.158 e. The molecule has 0 fully saturated rings. The van der Waals surface area contributed by atoms with Crippen LogP contribution < -0.4 is 5.32 Å². The molecule has 0 spiro atoms. The Balaban J connectivity index is 2.47. The molecule has 0 aliphatic heterocycles. The number of halogens is 1. The maximum absolute atomic E-state index is 13.5. The second kappa shape index (κ2) is 5.71. The molecule has 2 aromatic rings.